The van der Waals surface area contributed by atoms with Crippen molar-refractivity contribution in [3.05, 3.63) is 112 Å². The van der Waals surface area contributed by atoms with E-state index in [1.54, 1.807) is 17.0 Å². The maximum atomic E-state index is 9.81. The van der Waals surface area contributed by atoms with Crippen LogP contribution in [0, 0.1) is 0 Å². The third kappa shape index (κ3) is 4.02. The van der Waals surface area contributed by atoms with Crippen molar-refractivity contribution in [2.45, 2.75) is 5.60 Å². The molecule has 3 aromatic heterocycles. The molecule has 10 heteroatoms. The number of tetrazole rings is 1. The van der Waals surface area contributed by atoms with Gasteiger partial charge in [-0.15, -0.1) is 5.10 Å². The van der Waals surface area contributed by atoms with Gasteiger partial charge in [0.1, 0.15) is 0 Å². The van der Waals surface area contributed by atoms with Crippen molar-refractivity contribution in [2.24, 2.45) is 7.05 Å². The van der Waals surface area contributed by atoms with Crippen molar-refractivity contribution >= 4 is 39.8 Å². The molecule has 0 bridgehead atoms. The van der Waals surface area contributed by atoms with Crippen LogP contribution in [0.15, 0.2) is 85.3 Å². The van der Waals surface area contributed by atoms with E-state index < -0.39 is 5.60 Å². The largest absolute Gasteiger partial charge is 0.394 e. The lowest BCUT2D eigenvalue weighted by atomic mass is 9.82. The predicted molar refractivity (Wildman–Crippen MR) is 146 cm³/mol. The van der Waals surface area contributed by atoms with Gasteiger partial charge in [0.2, 0.25) is 0 Å². The second-order valence-electron chi connectivity index (χ2n) is 8.90. The van der Waals surface area contributed by atoms with Crippen LogP contribution in [0.1, 0.15) is 16.8 Å². The number of rotatable bonds is 7. The first kappa shape index (κ1) is 24.5. The Balaban J connectivity index is 1.70. The first-order valence-electron chi connectivity index (χ1n) is 11.9. The number of aryl methyl sites for hydroxylation is 1. The summed E-state index contributed by atoms with van der Waals surface area (Å²) >= 11 is 12.6. The Bertz CT molecular complexity index is 1770. The number of aliphatic hydroxyl groups is 1. The normalized spacial score (nSPS) is 13.3. The summed E-state index contributed by atoms with van der Waals surface area (Å²) in [7, 11) is 1.92. The standard InChI is InChI=1S/C28H22Cl2N6O2/c1-35-17-31-16-26(35)28(38-12-11-37,19-5-8-21(29)9-6-19)20-7-10-25-24(14-20)23(15-27-32-33-34-36(25)27)18-3-2-4-22(30)13-18/h2-10,13-17,37H,11-12H2,1H3. The number of imidazole rings is 1. The zero-order valence-electron chi connectivity index (χ0n) is 20.3. The Kier molecular flexibility index (Phi) is 6.33. The van der Waals surface area contributed by atoms with Gasteiger partial charge in [0.05, 0.1) is 36.9 Å². The van der Waals surface area contributed by atoms with Crippen molar-refractivity contribution in [2.75, 3.05) is 13.2 Å². The molecule has 3 heterocycles. The summed E-state index contributed by atoms with van der Waals surface area (Å²) in [5.41, 5.74) is 4.65. The van der Waals surface area contributed by atoms with Gasteiger partial charge >= 0.3 is 0 Å². The number of ether oxygens (including phenoxy) is 1. The Hall–Kier alpha value is -3.82. The van der Waals surface area contributed by atoms with Crippen LogP contribution in [0.3, 0.4) is 0 Å². The summed E-state index contributed by atoms with van der Waals surface area (Å²) in [6, 6.07) is 23.2. The van der Waals surface area contributed by atoms with E-state index in [4.69, 9.17) is 27.9 Å². The van der Waals surface area contributed by atoms with E-state index in [1.165, 1.54) is 0 Å². The quantitative estimate of drug-likeness (QED) is 0.294. The number of fused-ring (bicyclic) bond motifs is 3. The van der Waals surface area contributed by atoms with Gasteiger partial charge in [0.25, 0.3) is 0 Å². The van der Waals surface area contributed by atoms with E-state index >= 15 is 0 Å². The van der Waals surface area contributed by atoms with Crippen LogP contribution in [0.4, 0.5) is 0 Å². The van der Waals surface area contributed by atoms with E-state index in [2.05, 4.69) is 26.6 Å². The summed E-state index contributed by atoms with van der Waals surface area (Å²) < 4.78 is 10.2. The molecular weight excluding hydrogens is 523 g/mol. The molecule has 0 spiro atoms. The highest BCUT2D eigenvalue weighted by molar-refractivity contribution is 6.31. The van der Waals surface area contributed by atoms with Crippen LogP contribution < -0.4 is 0 Å². The van der Waals surface area contributed by atoms with E-state index in [1.807, 2.05) is 78.3 Å². The minimum Gasteiger partial charge on any atom is -0.394 e. The molecule has 0 saturated heterocycles. The third-order valence-electron chi connectivity index (χ3n) is 6.66. The summed E-state index contributed by atoms with van der Waals surface area (Å²) in [6.45, 7) is -0.0567. The van der Waals surface area contributed by atoms with Crippen molar-refractivity contribution in [1.29, 1.82) is 0 Å². The monoisotopic (exact) mass is 544 g/mol. The minimum atomic E-state index is -1.10. The molecule has 1 N–H and O–H groups in total. The Labute approximate surface area is 228 Å². The smallest absolute Gasteiger partial charge is 0.180 e. The Morgan fingerprint density at radius 2 is 1.76 bits per heavy atom. The molecule has 0 radical (unpaired) electrons. The Morgan fingerprint density at radius 1 is 0.947 bits per heavy atom. The summed E-state index contributed by atoms with van der Waals surface area (Å²) in [4.78, 5) is 4.38. The first-order chi connectivity index (χ1) is 18.5. The fourth-order valence-electron chi connectivity index (χ4n) is 5.00. The number of aromatic nitrogens is 6. The average Bonchev–Trinajstić information content (AvgIpc) is 3.59. The van der Waals surface area contributed by atoms with Crippen LogP contribution >= 0.6 is 23.2 Å². The second-order valence-corrected chi connectivity index (χ2v) is 9.77. The number of pyridine rings is 1. The molecule has 8 nitrogen and oxygen atoms in total. The van der Waals surface area contributed by atoms with Crippen molar-refractivity contribution < 1.29 is 9.84 Å². The zero-order chi connectivity index (χ0) is 26.3. The van der Waals surface area contributed by atoms with Crippen LogP contribution in [-0.4, -0.2) is 47.9 Å². The molecule has 0 aliphatic carbocycles. The van der Waals surface area contributed by atoms with Crippen molar-refractivity contribution in [3.8, 4) is 11.1 Å². The number of hydrogen-bond acceptors (Lipinski definition) is 6. The van der Waals surface area contributed by atoms with Gasteiger partial charge in [-0.3, -0.25) is 0 Å². The van der Waals surface area contributed by atoms with Crippen LogP contribution in [0.2, 0.25) is 10.0 Å². The first-order valence-corrected chi connectivity index (χ1v) is 12.7. The molecule has 1 unspecified atom stereocenters. The van der Waals surface area contributed by atoms with E-state index in [0.717, 1.165) is 38.9 Å². The molecule has 38 heavy (non-hydrogen) atoms. The molecule has 190 valence electrons. The van der Waals surface area contributed by atoms with E-state index in [-0.39, 0.29) is 13.2 Å². The van der Waals surface area contributed by atoms with Gasteiger partial charge in [-0.05, 0) is 75.1 Å². The highest BCUT2D eigenvalue weighted by atomic mass is 35.5. The minimum absolute atomic E-state index is 0.0963. The van der Waals surface area contributed by atoms with Gasteiger partial charge in [-0.25, -0.2) is 4.98 Å². The summed E-state index contributed by atoms with van der Waals surface area (Å²) in [5.74, 6) is 0. The Morgan fingerprint density at radius 3 is 2.50 bits per heavy atom. The second kappa shape index (κ2) is 9.81. The van der Waals surface area contributed by atoms with Crippen LogP contribution in [0.5, 0.6) is 0 Å². The van der Waals surface area contributed by atoms with Gasteiger partial charge in [-0.1, -0.05) is 53.5 Å². The number of nitrogens with zero attached hydrogens (tertiary/aromatic N) is 6. The fourth-order valence-corrected chi connectivity index (χ4v) is 5.31. The maximum absolute atomic E-state index is 9.81. The van der Waals surface area contributed by atoms with Crippen molar-refractivity contribution in [3.63, 3.8) is 0 Å². The number of hydrogen-bond donors (Lipinski definition) is 1. The van der Waals surface area contributed by atoms with Gasteiger partial charge in [0, 0.05) is 22.5 Å². The van der Waals surface area contributed by atoms with E-state index in [9.17, 15) is 5.11 Å². The molecule has 0 fully saturated rings. The molecule has 0 amide bonds. The molecule has 1 atom stereocenters. The fraction of sp³-hybridized carbons (Fsp3) is 0.143. The molecule has 0 saturated carbocycles. The zero-order valence-corrected chi connectivity index (χ0v) is 21.8. The van der Waals surface area contributed by atoms with Crippen LogP contribution in [-0.2, 0) is 17.4 Å². The van der Waals surface area contributed by atoms with Crippen molar-refractivity contribution in [1.82, 2.24) is 29.6 Å². The summed E-state index contributed by atoms with van der Waals surface area (Å²) in [5, 5.41) is 24.2. The molecule has 0 aliphatic heterocycles. The third-order valence-corrected chi connectivity index (χ3v) is 7.15. The molecular formula is C28H22Cl2N6O2. The molecule has 0 aliphatic rings. The molecule has 6 rings (SSSR count). The topological polar surface area (TPSA) is 90.4 Å². The number of benzene rings is 3. The lowest BCUT2D eigenvalue weighted by molar-refractivity contribution is -0.0106. The number of aliphatic hydroxyl groups excluding tert-OH is 1. The number of halogens is 2. The highest BCUT2D eigenvalue weighted by Gasteiger charge is 2.40. The average molecular weight is 545 g/mol. The van der Waals surface area contributed by atoms with Gasteiger partial charge < -0.3 is 14.4 Å². The SMILES string of the molecule is Cn1cncc1C(OCCO)(c1ccc(Cl)cc1)c1ccc2c(c1)c(-c1cccc(Cl)c1)cc1nnnn12. The molecule has 3 aromatic carbocycles. The lowest BCUT2D eigenvalue weighted by Gasteiger charge is -2.35. The van der Waals surface area contributed by atoms with Gasteiger partial charge in [0.15, 0.2) is 11.2 Å². The van der Waals surface area contributed by atoms with E-state index in [0.29, 0.717) is 15.7 Å². The van der Waals surface area contributed by atoms with Crippen LogP contribution in [0.25, 0.3) is 27.7 Å². The van der Waals surface area contributed by atoms with Gasteiger partial charge in [-0.2, -0.15) is 4.52 Å². The maximum Gasteiger partial charge on any atom is 0.180 e. The predicted octanol–water partition coefficient (Wildman–Crippen LogP) is 5.29. The lowest BCUT2D eigenvalue weighted by Crippen LogP contribution is -2.35. The highest BCUT2D eigenvalue weighted by Crippen LogP contribution is 2.43. The summed E-state index contributed by atoms with van der Waals surface area (Å²) in [6.07, 6.45) is 3.50. The molecule has 6 aromatic rings.